The summed E-state index contributed by atoms with van der Waals surface area (Å²) in [5.74, 6) is 2.08. The first-order chi connectivity index (χ1) is 12.3. The van der Waals surface area contributed by atoms with Crippen LogP contribution in [0.1, 0.15) is 56.9 Å². The van der Waals surface area contributed by atoms with Crippen molar-refractivity contribution >= 4 is 5.95 Å². The quantitative estimate of drug-likeness (QED) is 0.832. The summed E-state index contributed by atoms with van der Waals surface area (Å²) in [6.07, 6.45) is 7.63. The van der Waals surface area contributed by atoms with E-state index in [1.165, 1.54) is 0 Å². The molecule has 25 heavy (non-hydrogen) atoms. The molecule has 2 aromatic heterocycles. The van der Waals surface area contributed by atoms with Crippen molar-refractivity contribution in [2.24, 2.45) is 5.92 Å². The molecular weight excluding hydrogens is 316 g/mol. The van der Waals surface area contributed by atoms with Crippen LogP contribution < -0.4 is 5.32 Å². The largest absolute Gasteiger partial charge is 0.381 e. The molecule has 1 unspecified atom stereocenters. The van der Waals surface area contributed by atoms with E-state index in [0.29, 0.717) is 11.9 Å². The van der Waals surface area contributed by atoms with Crippen LogP contribution in [0, 0.1) is 5.92 Å². The zero-order valence-corrected chi connectivity index (χ0v) is 15.4. The van der Waals surface area contributed by atoms with Crippen molar-refractivity contribution in [2.75, 3.05) is 18.5 Å². The first-order valence-electron chi connectivity index (χ1n) is 9.34. The molecule has 3 rings (SSSR count). The average molecular weight is 344 g/mol. The Bertz CT molecular complexity index is 680. The van der Waals surface area contributed by atoms with E-state index < -0.39 is 0 Å². The second-order valence-corrected chi connectivity index (χ2v) is 6.38. The molecule has 0 bridgehead atoms. The minimum atomic E-state index is 0.0674. The summed E-state index contributed by atoms with van der Waals surface area (Å²) in [6.45, 7) is 8.81. The van der Waals surface area contributed by atoms with Crippen molar-refractivity contribution < 1.29 is 4.74 Å². The number of ether oxygens (including phenoxy) is 1. The molecular formula is C18H28N6O. The lowest BCUT2D eigenvalue weighted by Crippen LogP contribution is -2.30. The van der Waals surface area contributed by atoms with Crippen molar-refractivity contribution in [3.05, 3.63) is 29.6 Å². The maximum Gasteiger partial charge on any atom is 0.243 e. The van der Waals surface area contributed by atoms with Crippen LogP contribution in [0.3, 0.4) is 0 Å². The minimum Gasteiger partial charge on any atom is -0.381 e. The van der Waals surface area contributed by atoms with Gasteiger partial charge in [0.25, 0.3) is 0 Å². The van der Waals surface area contributed by atoms with Crippen LogP contribution in [0.15, 0.2) is 12.4 Å². The van der Waals surface area contributed by atoms with Gasteiger partial charge in [-0.25, -0.2) is 9.97 Å². The molecule has 0 spiro atoms. The zero-order valence-electron chi connectivity index (χ0n) is 15.4. The number of imidazole rings is 1. The molecule has 1 atom stereocenters. The van der Waals surface area contributed by atoms with E-state index in [0.717, 1.165) is 62.7 Å². The molecule has 2 aromatic rings. The van der Waals surface area contributed by atoms with Crippen LogP contribution >= 0.6 is 0 Å². The van der Waals surface area contributed by atoms with Gasteiger partial charge in [-0.1, -0.05) is 13.8 Å². The van der Waals surface area contributed by atoms with E-state index in [2.05, 4.69) is 45.8 Å². The molecule has 1 aliphatic heterocycles. The molecule has 1 saturated heterocycles. The fraction of sp³-hybridized carbons (Fsp3) is 0.667. The second kappa shape index (κ2) is 8.38. The highest BCUT2D eigenvalue weighted by Crippen LogP contribution is 2.31. The normalized spacial score (nSPS) is 16.8. The van der Waals surface area contributed by atoms with E-state index in [1.807, 2.05) is 12.4 Å². The molecule has 0 aliphatic carbocycles. The lowest BCUT2D eigenvalue weighted by molar-refractivity contribution is 0.0592. The Kier molecular flexibility index (Phi) is 5.96. The third kappa shape index (κ3) is 3.98. The Hall–Kier alpha value is -2.02. The summed E-state index contributed by atoms with van der Waals surface area (Å²) >= 11 is 0. The number of rotatable bonds is 7. The van der Waals surface area contributed by atoms with Crippen LogP contribution in [0.2, 0.25) is 0 Å². The Morgan fingerprint density at radius 3 is 2.60 bits per heavy atom. The Morgan fingerprint density at radius 2 is 1.92 bits per heavy atom. The summed E-state index contributed by atoms with van der Waals surface area (Å²) in [6, 6.07) is 0.0674. The molecule has 7 nitrogen and oxygen atoms in total. The second-order valence-electron chi connectivity index (χ2n) is 6.38. The third-order valence-corrected chi connectivity index (χ3v) is 4.90. The molecule has 0 saturated carbocycles. The predicted molar refractivity (Wildman–Crippen MR) is 96.4 cm³/mol. The zero-order chi connectivity index (χ0) is 17.6. The summed E-state index contributed by atoms with van der Waals surface area (Å²) in [5, 5.41) is 12.2. The highest BCUT2D eigenvalue weighted by molar-refractivity contribution is 5.30. The van der Waals surface area contributed by atoms with Gasteiger partial charge in [-0.2, -0.15) is 5.10 Å². The maximum atomic E-state index is 5.54. The molecule has 1 fully saturated rings. The van der Waals surface area contributed by atoms with E-state index in [-0.39, 0.29) is 6.04 Å². The van der Waals surface area contributed by atoms with Crippen LogP contribution in [0.25, 0.3) is 0 Å². The van der Waals surface area contributed by atoms with Gasteiger partial charge in [0.1, 0.15) is 5.82 Å². The molecule has 136 valence electrons. The summed E-state index contributed by atoms with van der Waals surface area (Å²) in [5.41, 5.74) is 2.00. The predicted octanol–water partition coefficient (Wildman–Crippen LogP) is 2.79. The number of nitrogens with zero attached hydrogens (tertiary/aromatic N) is 5. The van der Waals surface area contributed by atoms with Gasteiger partial charge in [0.15, 0.2) is 0 Å². The topological polar surface area (TPSA) is 77.8 Å². The monoisotopic (exact) mass is 344 g/mol. The Labute approximate surface area is 149 Å². The molecule has 1 aliphatic rings. The van der Waals surface area contributed by atoms with E-state index >= 15 is 0 Å². The first-order valence-corrected chi connectivity index (χ1v) is 9.34. The number of nitrogens with one attached hydrogen (secondary N) is 1. The summed E-state index contributed by atoms with van der Waals surface area (Å²) in [7, 11) is 0. The van der Waals surface area contributed by atoms with Crippen LogP contribution in [0.5, 0.6) is 0 Å². The van der Waals surface area contributed by atoms with Gasteiger partial charge in [0, 0.05) is 32.2 Å². The summed E-state index contributed by atoms with van der Waals surface area (Å²) < 4.78 is 7.72. The summed E-state index contributed by atoms with van der Waals surface area (Å²) in [4.78, 5) is 9.33. The fourth-order valence-corrected chi connectivity index (χ4v) is 3.45. The molecule has 0 radical (unpaired) electrons. The lowest BCUT2D eigenvalue weighted by atomic mass is 9.91. The molecule has 7 heteroatoms. The molecule has 0 aromatic carbocycles. The van der Waals surface area contributed by atoms with Gasteiger partial charge < -0.3 is 14.6 Å². The fourth-order valence-electron chi connectivity index (χ4n) is 3.45. The van der Waals surface area contributed by atoms with Crippen molar-refractivity contribution in [1.82, 2.24) is 24.7 Å². The van der Waals surface area contributed by atoms with Crippen LogP contribution in [-0.2, 0) is 24.1 Å². The van der Waals surface area contributed by atoms with Gasteiger partial charge in [0.05, 0.1) is 17.4 Å². The third-order valence-electron chi connectivity index (χ3n) is 4.90. The van der Waals surface area contributed by atoms with Gasteiger partial charge >= 0.3 is 0 Å². The van der Waals surface area contributed by atoms with Crippen LogP contribution in [-0.4, -0.2) is 37.9 Å². The van der Waals surface area contributed by atoms with Crippen molar-refractivity contribution in [1.29, 1.82) is 0 Å². The highest BCUT2D eigenvalue weighted by Gasteiger charge is 2.29. The van der Waals surface area contributed by atoms with Gasteiger partial charge in [0.2, 0.25) is 5.95 Å². The number of aryl methyl sites for hydroxylation is 3. The van der Waals surface area contributed by atoms with Crippen molar-refractivity contribution in [3.8, 4) is 0 Å². The lowest BCUT2D eigenvalue weighted by Gasteiger charge is -2.30. The highest BCUT2D eigenvalue weighted by atomic mass is 16.5. The smallest absolute Gasteiger partial charge is 0.243 e. The number of aromatic nitrogens is 5. The number of hydrogen-bond donors (Lipinski definition) is 1. The van der Waals surface area contributed by atoms with E-state index in [4.69, 9.17) is 9.72 Å². The molecule has 1 N–H and O–H groups in total. The minimum absolute atomic E-state index is 0.0674. The Morgan fingerprint density at radius 1 is 1.16 bits per heavy atom. The number of anilines is 1. The molecule has 0 amide bonds. The van der Waals surface area contributed by atoms with Crippen molar-refractivity contribution in [2.45, 2.75) is 59.0 Å². The SMILES string of the molecule is CCc1nnc(NC(c2nccn2CC)C2CCOCC2)nc1CC. The average Bonchev–Trinajstić information content (AvgIpc) is 3.15. The molecule has 3 heterocycles. The Balaban J connectivity index is 1.89. The number of hydrogen-bond acceptors (Lipinski definition) is 6. The van der Waals surface area contributed by atoms with Gasteiger partial charge in [-0.15, -0.1) is 5.10 Å². The first kappa shape index (κ1) is 17.8. The maximum absolute atomic E-state index is 5.54. The van der Waals surface area contributed by atoms with E-state index in [9.17, 15) is 0 Å². The van der Waals surface area contributed by atoms with E-state index in [1.54, 1.807) is 0 Å². The van der Waals surface area contributed by atoms with Gasteiger partial charge in [-0.3, -0.25) is 0 Å². The van der Waals surface area contributed by atoms with Crippen molar-refractivity contribution in [3.63, 3.8) is 0 Å². The van der Waals surface area contributed by atoms with Crippen LogP contribution in [0.4, 0.5) is 5.95 Å². The van der Waals surface area contributed by atoms with Gasteiger partial charge in [-0.05, 0) is 38.5 Å². The standard InChI is InChI=1S/C18H28N6O/c1-4-14-15(5-2)22-23-18(20-14)21-16(13-7-11-25-12-8-13)17-19-9-10-24(17)6-3/h9-10,13,16H,4-8,11-12H2,1-3H3,(H,20,21,23).